The Bertz CT molecular complexity index is 476. The van der Waals surface area contributed by atoms with Crippen LogP contribution in [0.2, 0.25) is 0 Å². The van der Waals surface area contributed by atoms with Gasteiger partial charge in [0.05, 0.1) is 4.92 Å². The Labute approximate surface area is 113 Å². The molecule has 0 aromatic heterocycles. The van der Waals surface area contributed by atoms with Crippen LogP contribution in [0, 0.1) is 23.0 Å². The third-order valence-electron chi connectivity index (χ3n) is 3.87. The summed E-state index contributed by atoms with van der Waals surface area (Å²) in [6.45, 7) is 6.02. The number of anilines is 1. The van der Waals surface area contributed by atoms with Gasteiger partial charge in [0, 0.05) is 18.2 Å². The monoisotopic (exact) mass is 263 g/mol. The summed E-state index contributed by atoms with van der Waals surface area (Å²) in [6.07, 6.45) is 1.02. The number of hydrogen-bond acceptors (Lipinski definition) is 4. The maximum atomic E-state index is 11.2. The van der Waals surface area contributed by atoms with Gasteiger partial charge >= 0.3 is 0 Å². The highest BCUT2D eigenvalue weighted by Crippen LogP contribution is 2.30. The summed E-state index contributed by atoms with van der Waals surface area (Å²) in [4.78, 5) is 13.2. The average molecular weight is 263 g/mol. The second kappa shape index (κ2) is 5.57. The third kappa shape index (κ3) is 3.04. The van der Waals surface area contributed by atoms with E-state index in [0.717, 1.165) is 19.5 Å². The first-order valence-electron chi connectivity index (χ1n) is 6.68. The minimum absolute atomic E-state index is 0.202. The van der Waals surface area contributed by atoms with Crippen molar-refractivity contribution in [3.8, 4) is 0 Å². The molecule has 1 fully saturated rings. The zero-order valence-electron chi connectivity index (χ0n) is 11.7. The number of benzene rings is 1. The van der Waals surface area contributed by atoms with E-state index in [1.54, 1.807) is 19.1 Å². The molecule has 0 spiro atoms. The van der Waals surface area contributed by atoms with E-state index in [2.05, 4.69) is 24.2 Å². The van der Waals surface area contributed by atoms with Crippen molar-refractivity contribution in [1.82, 2.24) is 4.90 Å². The minimum Gasteiger partial charge on any atom is -0.376 e. The molecule has 0 aliphatic carbocycles. The van der Waals surface area contributed by atoms with E-state index >= 15 is 0 Å². The molecule has 1 aliphatic rings. The highest BCUT2D eigenvalue weighted by atomic mass is 16.6. The number of para-hydroxylation sites is 1. The van der Waals surface area contributed by atoms with Crippen LogP contribution in [0.1, 0.15) is 18.9 Å². The number of nitro benzene ring substituents is 1. The molecule has 5 nitrogen and oxygen atoms in total. The van der Waals surface area contributed by atoms with Gasteiger partial charge in [-0.3, -0.25) is 10.1 Å². The number of hydrogen-bond donors (Lipinski definition) is 1. The highest BCUT2D eigenvalue weighted by Gasteiger charge is 2.26. The first kappa shape index (κ1) is 13.8. The van der Waals surface area contributed by atoms with Crippen molar-refractivity contribution >= 4 is 11.4 Å². The van der Waals surface area contributed by atoms with Gasteiger partial charge in [0.15, 0.2) is 0 Å². The van der Waals surface area contributed by atoms with Crippen molar-refractivity contribution in [2.45, 2.75) is 26.3 Å². The quantitative estimate of drug-likeness (QED) is 0.673. The van der Waals surface area contributed by atoms with Gasteiger partial charge in [0.1, 0.15) is 5.69 Å². The highest BCUT2D eigenvalue weighted by molar-refractivity contribution is 5.65. The van der Waals surface area contributed by atoms with Crippen molar-refractivity contribution in [2.24, 2.45) is 5.92 Å². The van der Waals surface area contributed by atoms with Gasteiger partial charge in [-0.25, -0.2) is 0 Å². The maximum absolute atomic E-state index is 11.2. The molecule has 1 saturated heterocycles. The number of likely N-dealkylation sites (tertiary alicyclic amines) is 1. The lowest BCUT2D eigenvalue weighted by atomic mass is 9.93. The molecule has 1 heterocycles. The molecule has 19 heavy (non-hydrogen) atoms. The second-order valence-electron chi connectivity index (χ2n) is 5.51. The molecule has 104 valence electrons. The molecular weight excluding hydrogens is 242 g/mol. The van der Waals surface area contributed by atoms with Crippen LogP contribution in [-0.4, -0.2) is 36.0 Å². The molecule has 0 bridgehead atoms. The molecular formula is C14H21N3O2. The Balaban J connectivity index is 2.19. The Morgan fingerprint density at radius 1 is 1.47 bits per heavy atom. The lowest BCUT2D eigenvalue weighted by molar-refractivity contribution is -0.384. The van der Waals surface area contributed by atoms with Gasteiger partial charge in [0.25, 0.3) is 5.69 Å². The molecule has 0 radical (unpaired) electrons. The number of nitrogens with one attached hydrogen (secondary N) is 1. The summed E-state index contributed by atoms with van der Waals surface area (Å²) in [5.74, 6) is 0.485. The van der Waals surface area contributed by atoms with Crippen molar-refractivity contribution < 1.29 is 4.92 Å². The summed E-state index contributed by atoms with van der Waals surface area (Å²) < 4.78 is 0. The SMILES string of the molecule is Cc1cccc(NC2CCN(C)CC2C)c1[N+](=O)[O-]. The molecule has 2 rings (SSSR count). The Morgan fingerprint density at radius 3 is 2.84 bits per heavy atom. The van der Waals surface area contributed by atoms with Crippen LogP contribution >= 0.6 is 0 Å². The molecule has 5 heteroatoms. The number of rotatable bonds is 3. The maximum Gasteiger partial charge on any atom is 0.295 e. The largest absolute Gasteiger partial charge is 0.376 e. The molecule has 2 unspecified atom stereocenters. The first-order chi connectivity index (χ1) is 8.99. The van der Waals surface area contributed by atoms with E-state index in [4.69, 9.17) is 0 Å². The van der Waals surface area contributed by atoms with E-state index < -0.39 is 0 Å². The molecule has 0 saturated carbocycles. The van der Waals surface area contributed by atoms with Crippen LogP contribution in [-0.2, 0) is 0 Å². The third-order valence-corrected chi connectivity index (χ3v) is 3.87. The van der Waals surface area contributed by atoms with Gasteiger partial charge < -0.3 is 10.2 Å². The summed E-state index contributed by atoms with van der Waals surface area (Å²) in [7, 11) is 2.11. The first-order valence-corrected chi connectivity index (χ1v) is 6.68. The normalized spacial score (nSPS) is 24.2. The molecule has 1 aromatic rings. The molecule has 1 N–H and O–H groups in total. The van der Waals surface area contributed by atoms with Crippen molar-refractivity contribution in [3.05, 3.63) is 33.9 Å². The van der Waals surface area contributed by atoms with Crippen LogP contribution in [0.4, 0.5) is 11.4 Å². The van der Waals surface area contributed by atoms with Gasteiger partial charge in [-0.2, -0.15) is 0 Å². The zero-order chi connectivity index (χ0) is 14.0. The predicted octanol–water partition coefficient (Wildman–Crippen LogP) is 2.66. The average Bonchev–Trinajstić information content (AvgIpc) is 2.32. The number of piperidine rings is 1. The predicted molar refractivity (Wildman–Crippen MR) is 76.5 cm³/mol. The summed E-state index contributed by atoms with van der Waals surface area (Å²) in [5, 5.41) is 14.5. The van der Waals surface area contributed by atoms with Crippen LogP contribution < -0.4 is 5.32 Å². The fourth-order valence-electron chi connectivity index (χ4n) is 2.79. The summed E-state index contributed by atoms with van der Waals surface area (Å²) in [5.41, 5.74) is 1.55. The van der Waals surface area contributed by atoms with E-state index in [1.165, 1.54) is 0 Å². The van der Waals surface area contributed by atoms with Gasteiger partial charge in [-0.15, -0.1) is 0 Å². The molecule has 1 aliphatic heterocycles. The number of nitrogens with zero attached hydrogens (tertiary/aromatic N) is 2. The Hall–Kier alpha value is -1.62. The zero-order valence-corrected chi connectivity index (χ0v) is 11.7. The Kier molecular flexibility index (Phi) is 4.04. The lowest BCUT2D eigenvalue weighted by Crippen LogP contribution is -2.43. The minimum atomic E-state index is -0.294. The Morgan fingerprint density at radius 2 is 2.21 bits per heavy atom. The number of nitro groups is 1. The van der Waals surface area contributed by atoms with Crippen molar-refractivity contribution in [2.75, 3.05) is 25.5 Å². The topological polar surface area (TPSA) is 58.4 Å². The standard InChI is InChI=1S/C14H21N3O2/c1-10-5-4-6-13(14(10)17(18)19)15-12-7-8-16(3)9-11(12)2/h4-6,11-12,15H,7-9H2,1-3H3. The van der Waals surface area contributed by atoms with E-state index in [0.29, 0.717) is 23.2 Å². The van der Waals surface area contributed by atoms with Gasteiger partial charge in [-0.05, 0) is 38.9 Å². The number of aryl methyl sites for hydroxylation is 1. The second-order valence-corrected chi connectivity index (χ2v) is 5.51. The fraction of sp³-hybridized carbons (Fsp3) is 0.571. The molecule has 0 amide bonds. The van der Waals surface area contributed by atoms with Gasteiger partial charge in [0.2, 0.25) is 0 Å². The lowest BCUT2D eigenvalue weighted by Gasteiger charge is -2.35. The van der Waals surface area contributed by atoms with Crippen LogP contribution in [0.25, 0.3) is 0 Å². The van der Waals surface area contributed by atoms with E-state index in [-0.39, 0.29) is 10.6 Å². The smallest absolute Gasteiger partial charge is 0.295 e. The molecule has 1 aromatic carbocycles. The van der Waals surface area contributed by atoms with E-state index in [9.17, 15) is 10.1 Å². The fourth-order valence-corrected chi connectivity index (χ4v) is 2.79. The van der Waals surface area contributed by atoms with Crippen molar-refractivity contribution in [3.63, 3.8) is 0 Å². The van der Waals surface area contributed by atoms with Crippen LogP contribution in [0.5, 0.6) is 0 Å². The summed E-state index contributed by atoms with van der Waals surface area (Å²) in [6, 6.07) is 5.75. The van der Waals surface area contributed by atoms with Crippen molar-refractivity contribution in [1.29, 1.82) is 0 Å². The van der Waals surface area contributed by atoms with Crippen LogP contribution in [0.3, 0.4) is 0 Å². The van der Waals surface area contributed by atoms with Crippen LogP contribution in [0.15, 0.2) is 18.2 Å². The molecule has 2 atom stereocenters. The van der Waals surface area contributed by atoms with E-state index in [1.807, 2.05) is 6.07 Å². The van der Waals surface area contributed by atoms with Gasteiger partial charge in [-0.1, -0.05) is 19.1 Å². The summed E-state index contributed by atoms with van der Waals surface area (Å²) >= 11 is 0.